The van der Waals surface area contributed by atoms with Crippen molar-refractivity contribution in [3.63, 3.8) is 0 Å². The topological polar surface area (TPSA) is 91.9 Å². The highest BCUT2D eigenvalue weighted by molar-refractivity contribution is 6.30. The third-order valence-electron chi connectivity index (χ3n) is 3.87. The van der Waals surface area contributed by atoms with Crippen molar-refractivity contribution in [3.8, 4) is 11.6 Å². The van der Waals surface area contributed by atoms with Gasteiger partial charge in [-0.3, -0.25) is 9.36 Å². The molecule has 0 N–H and O–H groups in total. The van der Waals surface area contributed by atoms with E-state index in [1.807, 2.05) is 19.2 Å². The largest absolute Gasteiger partial charge is 0.456 e. The zero-order valence-electron chi connectivity index (χ0n) is 13.0. The van der Waals surface area contributed by atoms with Crippen LogP contribution in [0.4, 0.5) is 0 Å². The molecule has 10 heteroatoms. The summed E-state index contributed by atoms with van der Waals surface area (Å²) < 4.78 is 10.9. The van der Waals surface area contributed by atoms with Crippen molar-refractivity contribution in [1.29, 1.82) is 0 Å². The smallest absolute Gasteiger partial charge is 0.217 e. The van der Waals surface area contributed by atoms with Crippen LogP contribution in [0.1, 0.15) is 5.76 Å². The van der Waals surface area contributed by atoms with Gasteiger partial charge in [-0.05, 0) is 12.1 Å². The maximum atomic E-state index is 5.87. The summed E-state index contributed by atoms with van der Waals surface area (Å²) in [5.41, 5.74) is 1.44. The number of fused-ring (bicyclic) bond motifs is 3. The molecule has 5 heterocycles. The Bertz CT molecular complexity index is 1210. The second-order valence-electron chi connectivity index (χ2n) is 5.58. The third-order valence-corrected chi connectivity index (χ3v) is 4.07. The molecular formula is C15H11ClN8O. The number of aryl methyl sites for hydroxylation is 1. The van der Waals surface area contributed by atoms with Gasteiger partial charge in [0.25, 0.3) is 0 Å². The Hall–Kier alpha value is -3.20. The Balaban J connectivity index is 1.53. The van der Waals surface area contributed by atoms with Gasteiger partial charge in [0.1, 0.15) is 12.1 Å². The van der Waals surface area contributed by atoms with E-state index in [2.05, 4.69) is 25.3 Å². The van der Waals surface area contributed by atoms with Crippen LogP contribution in [-0.4, -0.2) is 39.1 Å². The summed E-state index contributed by atoms with van der Waals surface area (Å²) in [6, 6.07) is 3.71. The molecule has 0 bridgehead atoms. The lowest BCUT2D eigenvalue weighted by atomic mass is 10.4. The van der Waals surface area contributed by atoms with Crippen LogP contribution in [0.15, 0.2) is 41.5 Å². The summed E-state index contributed by atoms with van der Waals surface area (Å²) in [7, 11) is 1.84. The van der Waals surface area contributed by atoms with Gasteiger partial charge in [-0.2, -0.15) is 10.2 Å². The van der Waals surface area contributed by atoms with Crippen LogP contribution in [0.3, 0.4) is 0 Å². The highest BCUT2D eigenvalue weighted by Crippen LogP contribution is 2.23. The fourth-order valence-electron chi connectivity index (χ4n) is 2.71. The Morgan fingerprint density at radius 3 is 2.92 bits per heavy atom. The Morgan fingerprint density at radius 2 is 2.08 bits per heavy atom. The van der Waals surface area contributed by atoms with E-state index in [-0.39, 0.29) is 0 Å². The predicted molar refractivity (Wildman–Crippen MR) is 89.1 cm³/mol. The van der Waals surface area contributed by atoms with E-state index in [9.17, 15) is 0 Å². The van der Waals surface area contributed by atoms with E-state index in [1.54, 1.807) is 38.8 Å². The summed E-state index contributed by atoms with van der Waals surface area (Å²) in [6.45, 7) is 0.481. The van der Waals surface area contributed by atoms with E-state index in [1.165, 1.54) is 0 Å². The third kappa shape index (κ3) is 2.28. The first kappa shape index (κ1) is 14.2. The minimum atomic E-state index is 0.481. The summed E-state index contributed by atoms with van der Waals surface area (Å²) in [4.78, 5) is 8.92. The number of rotatable bonds is 3. The Morgan fingerprint density at radius 1 is 1.16 bits per heavy atom. The molecule has 25 heavy (non-hydrogen) atoms. The number of nitrogens with zero attached hydrogens (tertiary/aromatic N) is 8. The monoisotopic (exact) mass is 354 g/mol. The molecular weight excluding hydrogens is 344 g/mol. The number of halogens is 1. The molecule has 0 atom stereocenters. The van der Waals surface area contributed by atoms with E-state index >= 15 is 0 Å². The van der Waals surface area contributed by atoms with E-state index in [0.717, 1.165) is 16.8 Å². The van der Waals surface area contributed by atoms with Crippen LogP contribution in [0.2, 0.25) is 5.02 Å². The molecule has 0 radical (unpaired) electrons. The van der Waals surface area contributed by atoms with Crippen molar-refractivity contribution in [2.45, 2.75) is 6.54 Å². The fourth-order valence-corrected chi connectivity index (χ4v) is 2.87. The van der Waals surface area contributed by atoms with E-state index in [4.69, 9.17) is 16.0 Å². The number of aromatic nitrogens is 8. The van der Waals surface area contributed by atoms with Gasteiger partial charge in [-0.25, -0.2) is 14.5 Å². The molecule has 0 amide bonds. The highest BCUT2D eigenvalue weighted by atomic mass is 35.5. The molecule has 0 saturated carbocycles. The number of hydrogen-bond donors (Lipinski definition) is 0. The SMILES string of the molecule is Cn1ncc2c1ncn1nc(-c3ccc(Cn4cc(Cl)cn4)o3)nc21. The summed E-state index contributed by atoms with van der Waals surface area (Å²) >= 11 is 5.87. The van der Waals surface area contributed by atoms with Crippen molar-refractivity contribution in [1.82, 2.24) is 39.1 Å². The van der Waals surface area contributed by atoms with Crippen LogP contribution >= 0.6 is 11.6 Å². The maximum absolute atomic E-state index is 5.87. The predicted octanol–water partition coefficient (Wildman–Crippen LogP) is 2.17. The molecule has 5 aromatic heterocycles. The zero-order chi connectivity index (χ0) is 17.0. The zero-order valence-corrected chi connectivity index (χ0v) is 13.8. The first-order chi connectivity index (χ1) is 12.2. The summed E-state index contributed by atoms with van der Waals surface area (Å²) in [5, 5.41) is 14.2. The average Bonchev–Trinajstić information content (AvgIpc) is 3.34. The quantitative estimate of drug-likeness (QED) is 0.493. The van der Waals surface area contributed by atoms with Crippen LogP contribution in [-0.2, 0) is 13.6 Å². The highest BCUT2D eigenvalue weighted by Gasteiger charge is 2.15. The van der Waals surface area contributed by atoms with Crippen molar-refractivity contribution >= 4 is 28.3 Å². The Kier molecular flexibility index (Phi) is 2.92. The first-order valence-corrected chi connectivity index (χ1v) is 7.85. The molecule has 0 unspecified atom stereocenters. The normalized spacial score (nSPS) is 11.8. The molecule has 5 rings (SSSR count). The fraction of sp³-hybridized carbons (Fsp3) is 0.133. The summed E-state index contributed by atoms with van der Waals surface area (Å²) in [5.74, 6) is 1.80. The maximum Gasteiger partial charge on any atom is 0.217 e. The minimum Gasteiger partial charge on any atom is -0.456 e. The molecule has 0 saturated heterocycles. The van der Waals surface area contributed by atoms with Gasteiger partial charge in [-0.1, -0.05) is 11.6 Å². The van der Waals surface area contributed by atoms with E-state index < -0.39 is 0 Å². The lowest BCUT2D eigenvalue weighted by molar-refractivity contribution is 0.487. The van der Waals surface area contributed by atoms with Crippen molar-refractivity contribution in [2.24, 2.45) is 7.05 Å². The molecule has 9 nitrogen and oxygen atoms in total. The molecule has 0 spiro atoms. The van der Waals surface area contributed by atoms with E-state index in [0.29, 0.717) is 28.8 Å². The molecule has 0 aromatic carbocycles. The first-order valence-electron chi connectivity index (χ1n) is 7.47. The van der Waals surface area contributed by atoms with Gasteiger partial charge >= 0.3 is 0 Å². The molecule has 5 aromatic rings. The van der Waals surface area contributed by atoms with Crippen LogP contribution in [0.25, 0.3) is 28.3 Å². The molecule has 124 valence electrons. The lowest BCUT2D eigenvalue weighted by Crippen LogP contribution is -1.97. The molecule has 0 aliphatic heterocycles. The van der Waals surface area contributed by atoms with Gasteiger partial charge in [0.05, 0.1) is 29.3 Å². The van der Waals surface area contributed by atoms with Crippen LogP contribution in [0.5, 0.6) is 0 Å². The molecule has 0 fully saturated rings. The molecule has 0 aliphatic rings. The van der Waals surface area contributed by atoms with Gasteiger partial charge < -0.3 is 4.42 Å². The second-order valence-corrected chi connectivity index (χ2v) is 6.01. The lowest BCUT2D eigenvalue weighted by Gasteiger charge is -1.96. The van der Waals surface area contributed by atoms with Gasteiger partial charge in [0.2, 0.25) is 5.82 Å². The number of furan rings is 1. The minimum absolute atomic E-state index is 0.481. The van der Waals surface area contributed by atoms with Crippen LogP contribution in [0, 0.1) is 0 Å². The second kappa shape index (κ2) is 5.15. The van der Waals surface area contributed by atoms with Crippen molar-refractivity contribution < 1.29 is 4.42 Å². The molecule has 0 aliphatic carbocycles. The average molecular weight is 355 g/mol. The van der Waals surface area contributed by atoms with Gasteiger partial charge in [0.15, 0.2) is 17.1 Å². The van der Waals surface area contributed by atoms with Gasteiger partial charge in [0, 0.05) is 13.2 Å². The summed E-state index contributed by atoms with van der Waals surface area (Å²) in [6.07, 6.45) is 6.66. The Labute approximate surface area is 145 Å². The van der Waals surface area contributed by atoms with Crippen molar-refractivity contribution in [2.75, 3.05) is 0 Å². The van der Waals surface area contributed by atoms with Gasteiger partial charge in [-0.15, -0.1) is 5.10 Å². The number of hydrogen-bond acceptors (Lipinski definition) is 6. The standard InChI is InChI=1S/C15H11ClN8O/c1-22-14-11(5-18-22)15-20-13(21-24(15)8-17-14)12-3-2-10(25-12)7-23-6-9(16)4-19-23/h2-6,8H,7H2,1H3. The van der Waals surface area contributed by atoms with Crippen molar-refractivity contribution in [3.05, 3.63) is 47.8 Å². The van der Waals surface area contributed by atoms with Crippen LogP contribution < -0.4 is 0 Å².